The first-order valence-electron chi connectivity index (χ1n) is 9.24. The van der Waals surface area contributed by atoms with Crippen molar-refractivity contribution in [3.8, 4) is 6.07 Å². The van der Waals surface area contributed by atoms with E-state index in [1.54, 1.807) is 0 Å². The molecule has 32 heavy (non-hydrogen) atoms. The third-order valence-electron chi connectivity index (χ3n) is 4.51. The molecule has 2 aromatic carbocycles. The molecule has 1 amide bonds. The number of ketones is 1. The molecule has 2 rings (SSSR count). The zero-order valence-electron chi connectivity index (χ0n) is 17.3. The van der Waals surface area contributed by atoms with Crippen molar-refractivity contribution in [3.05, 3.63) is 65.2 Å². The highest BCUT2D eigenvalue weighted by Gasteiger charge is 2.34. The molecule has 0 aliphatic carbocycles. The molecule has 0 unspecified atom stereocenters. The average molecular weight is 467 g/mol. The van der Waals surface area contributed by atoms with Crippen LogP contribution in [0.5, 0.6) is 0 Å². The summed E-state index contributed by atoms with van der Waals surface area (Å²) in [6.07, 6.45) is -4.69. The maximum absolute atomic E-state index is 13.0. The van der Waals surface area contributed by atoms with Gasteiger partial charge in [-0.15, -0.1) is 0 Å². The summed E-state index contributed by atoms with van der Waals surface area (Å²) in [5.74, 6) is -1.30. The second-order valence-electron chi connectivity index (χ2n) is 7.02. The molecule has 0 aromatic heterocycles. The number of benzene rings is 2. The van der Waals surface area contributed by atoms with Crippen LogP contribution in [0, 0.1) is 11.3 Å². The Kier molecular flexibility index (Phi) is 7.77. The Morgan fingerprint density at radius 2 is 1.59 bits per heavy atom. The Morgan fingerprint density at radius 3 is 2.06 bits per heavy atom. The van der Waals surface area contributed by atoms with Crippen molar-refractivity contribution >= 4 is 21.7 Å². The van der Waals surface area contributed by atoms with E-state index in [4.69, 9.17) is 5.26 Å². The summed E-state index contributed by atoms with van der Waals surface area (Å²) in [6.45, 7) is -1.47. The Bertz CT molecular complexity index is 1120. The molecule has 0 saturated carbocycles. The molecule has 0 aliphatic rings. The van der Waals surface area contributed by atoms with Crippen LogP contribution >= 0.6 is 0 Å². The molecule has 0 radical (unpaired) electrons. The quantitative estimate of drug-likeness (QED) is 0.556. The van der Waals surface area contributed by atoms with E-state index >= 15 is 0 Å². The number of halogens is 3. The lowest BCUT2D eigenvalue weighted by Crippen LogP contribution is -2.44. The van der Waals surface area contributed by atoms with Gasteiger partial charge < -0.3 is 4.90 Å². The van der Waals surface area contributed by atoms with Crippen LogP contribution in [-0.2, 0) is 21.4 Å². The number of Topliss-reactive ketones (excluding diaryl/α,β-unsaturated/α-hetero) is 1. The smallest absolute Gasteiger partial charge is 0.328 e. The molecule has 0 fully saturated rings. The van der Waals surface area contributed by atoms with Crippen LogP contribution in [0.1, 0.15) is 28.4 Å². The Hall–Kier alpha value is -3.23. The number of rotatable bonds is 8. The number of hydrogen-bond donors (Lipinski definition) is 0. The van der Waals surface area contributed by atoms with E-state index in [-0.39, 0.29) is 10.7 Å². The maximum atomic E-state index is 13.0. The highest BCUT2D eigenvalue weighted by molar-refractivity contribution is 7.89. The van der Waals surface area contributed by atoms with Gasteiger partial charge in [0.25, 0.3) is 0 Å². The zero-order chi connectivity index (χ0) is 24.1. The van der Waals surface area contributed by atoms with Crippen molar-refractivity contribution in [1.29, 1.82) is 5.26 Å². The molecule has 0 heterocycles. The van der Waals surface area contributed by atoms with Crippen LogP contribution in [0.3, 0.4) is 0 Å². The summed E-state index contributed by atoms with van der Waals surface area (Å²) < 4.78 is 65.2. The largest absolute Gasteiger partial charge is 0.406 e. The second kappa shape index (κ2) is 9.93. The van der Waals surface area contributed by atoms with Gasteiger partial charge >= 0.3 is 6.18 Å². The van der Waals surface area contributed by atoms with Gasteiger partial charge in [-0.05, 0) is 36.8 Å². The van der Waals surface area contributed by atoms with Gasteiger partial charge in [0.15, 0.2) is 5.78 Å². The lowest BCUT2D eigenvalue weighted by atomic mass is 10.1. The van der Waals surface area contributed by atoms with Crippen molar-refractivity contribution in [2.24, 2.45) is 0 Å². The number of alkyl halides is 3. The average Bonchev–Trinajstić information content (AvgIpc) is 2.72. The van der Waals surface area contributed by atoms with Gasteiger partial charge in [-0.25, -0.2) is 8.42 Å². The maximum Gasteiger partial charge on any atom is 0.406 e. The molecule has 11 heteroatoms. The zero-order valence-corrected chi connectivity index (χ0v) is 18.1. The Balaban J connectivity index is 2.20. The van der Waals surface area contributed by atoms with Crippen LogP contribution in [0.2, 0.25) is 0 Å². The summed E-state index contributed by atoms with van der Waals surface area (Å²) in [4.78, 5) is 24.3. The van der Waals surface area contributed by atoms with E-state index in [2.05, 4.69) is 0 Å². The molecule has 0 saturated heterocycles. The minimum absolute atomic E-state index is 0.202. The number of nitrogens with zero attached hydrogens (tertiary/aromatic N) is 3. The molecular weight excluding hydrogens is 447 g/mol. The van der Waals surface area contributed by atoms with Gasteiger partial charge in [-0.1, -0.05) is 24.3 Å². The summed E-state index contributed by atoms with van der Waals surface area (Å²) in [7, 11) is -3.10. The first-order chi connectivity index (χ1) is 14.8. The van der Waals surface area contributed by atoms with Crippen LogP contribution in [0.25, 0.3) is 0 Å². The van der Waals surface area contributed by atoms with Crippen molar-refractivity contribution < 1.29 is 31.2 Å². The fourth-order valence-corrected chi connectivity index (χ4v) is 3.89. The van der Waals surface area contributed by atoms with Gasteiger partial charge in [0, 0.05) is 19.2 Å². The summed E-state index contributed by atoms with van der Waals surface area (Å²) in [6, 6.07) is 12.6. The molecule has 0 bridgehead atoms. The van der Waals surface area contributed by atoms with E-state index in [0.717, 1.165) is 7.05 Å². The van der Waals surface area contributed by atoms with Gasteiger partial charge in [-0.2, -0.15) is 22.7 Å². The van der Waals surface area contributed by atoms with E-state index in [9.17, 15) is 31.2 Å². The molecule has 2 aromatic rings. The minimum atomic E-state index is -4.69. The lowest BCUT2D eigenvalue weighted by molar-refractivity contribution is -0.162. The van der Waals surface area contributed by atoms with Gasteiger partial charge in [0.05, 0.1) is 23.1 Å². The summed E-state index contributed by atoms with van der Waals surface area (Å²) in [5, 5.41) is 8.82. The molecule has 0 spiro atoms. The van der Waals surface area contributed by atoms with Crippen molar-refractivity contribution in [2.45, 2.75) is 24.5 Å². The number of nitriles is 1. The van der Waals surface area contributed by atoms with Crippen molar-refractivity contribution in [3.63, 3.8) is 0 Å². The Labute approximate surface area is 183 Å². The van der Waals surface area contributed by atoms with Crippen LogP contribution in [0.15, 0.2) is 53.4 Å². The van der Waals surface area contributed by atoms with Crippen LogP contribution in [0.4, 0.5) is 13.2 Å². The van der Waals surface area contributed by atoms with Gasteiger partial charge in [0.1, 0.15) is 6.54 Å². The van der Waals surface area contributed by atoms with Crippen LogP contribution in [-0.4, -0.2) is 55.6 Å². The minimum Gasteiger partial charge on any atom is -0.328 e. The predicted octanol–water partition coefficient (Wildman–Crippen LogP) is 2.97. The first kappa shape index (κ1) is 25.0. The monoisotopic (exact) mass is 467 g/mol. The van der Waals surface area contributed by atoms with Gasteiger partial charge in [0.2, 0.25) is 15.9 Å². The predicted molar refractivity (Wildman–Crippen MR) is 109 cm³/mol. The van der Waals surface area contributed by atoms with Gasteiger partial charge in [-0.3, -0.25) is 9.59 Å². The van der Waals surface area contributed by atoms with E-state index in [1.165, 1.54) is 55.5 Å². The van der Waals surface area contributed by atoms with Crippen molar-refractivity contribution in [2.75, 3.05) is 20.1 Å². The molecular formula is C21H20F3N3O4S. The molecule has 170 valence electrons. The molecule has 7 nitrogen and oxygen atoms in total. The summed E-state index contributed by atoms with van der Waals surface area (Å²) in [5.41, 5.74) is 0.956. The standard InChI is InChI=1S/C21H20F3N3O4S/c1-15(28)18-7-9-19(10-8-18)32(30,31)26(2)13-20(29)27(14-21(22,23)24)12-17-5-3-16(11-25)4-6-17/h3-10H,12-14H2,1-2H3. The number of sulfonamides is 1. The normalized spacial score (nSPS) is 11.8. The first-order valence-corrected chi connectivity index (χ1v) is 10.7. The topological polar surface area (TPSA) is 98.6 Å². The fraction of sp³-hybridized carbons (Fsp3) is 0.286. The third-order valence-corrected chi connectivity index (χ3v) is 6.32. The molecule has 0 atom stereocenters. The van der Waals surface area contributed by atoms with E-state index in [1.807, 2.05) is 6.07 Å². The number of carbonyl (C=O) groups is 2. The lowest BCUT2D eigenvalue weighted by Gasteiger charge is -2.26. The SMILES string of the molecule is CC(=O)c1ccc(S(=O)(=O)N(C)CC(=O)N(Cc2ccc(C#N)cc2)CC(F)(F)F)cc1. The molecule has 0 N–H and O–H groups in total. The van der Waals surface area contributed by atoms with Crippen molar-refractivity contribution in [1.82, 2.24) is 9.21 Å². The highest BCUT2D eigenvalue weighted by Crippen LogP contribution is 2.20. The highest BCUT2D eigenvalue weighted by atomic mass is 32.2. The number of amides is 1. The fourth-order valence-electron chi connectivity index (χ4n) is 2.77. The third kappa shape index (κ3) is 6.63. The molecule has 0 aliphatic heterocycles. The number of hydrogen-bond acceptors (Lipinski definition) is 5. The van der Waals surface area contributed by atoms with E-state index in [0.29, 0.717) is 25.9 Å². The van der Waals surface area contributed by atoms with E-state index < -0.39 is 41.7 Å². The number of likely N-dealkylation sites (N-methyl/N-ethyl adjacent to an activating group) is 1. The Morgan fingerprint density at radius 1 is 1.03 bits per heavy atom. The number of carbonyl (C=O) groups excluding carboxylic acids is 2. The van der Waals surface area contributed by atoms with Crippen LogP contribution < -0.4 is 0 Å². The summed E-state index contributed by atoms with van der Waals surface area (Å²) >= 11 is 0. The second-order valence-corrected chi connectivity index (χ2v) is 9.06.